The Labute approximate surface area is 238 Å². The number of rotatable bonds is 9. The van der Waals surface area contributed by atoms with Gasteiger partial charge in [0.25, 0.3) is 0 Å². The maximum absolute atomic E-state index is 13.9. The summed E-state index contributed by atoms with van der Waals surface area (Å²) in [5.74, 6) is -0.0996. The molecule has 2 aliphatic rings. The van der Waals surface area contributed by atoms with E-state index in [9.17, 15) is 22.4 Å². The third-order valence-corrected chi connectivity index (χ3v) is 10.4. The molecule has 2 aromatic carbocycles. The van der Waals surface area contributed by atoms with Gasteiger partial charge in [0.1, 0.15) is 17.2 Å². The summed E-state index contributed by atoms with van der Waals surface area (Å²) in [4.78, 5) is 31.8. The number of carbonyl (C=O) groups is 2. The number of thiazole rings is 1. The zero-order valence-corrected chi connectivity index (χ0v) is 24.4. The number of carbonyl (C=O) groups excluding carboxylic acids is 2. The zero-order chi connectivity index (χ0) is 28.5. The van der Waals surface area contributed by atoms with E-state index in [-0.39, 0.29) is 40.8 Å². The van der Waals surface area contributed by atoms with Crippen LogP contribution in [0.3, 0.4) is 0 Å². The third-order valence-electron chi connectivity index (χ3n) is 7.80. The molecule has 3 heterocycles. The fourth-order valence-electron chi connectivity index (χ4n) is 5.65. The number of halogens is 1. The van der Waals surface area contributed by atoms with E-state index in [1.807, 2.05) is 24.3 Å². The normalized spacial score (nSPS) is 18.2. The molecule has 2 aliphatic heterocycles. The van der Waals surface area contributed by atoms with Crippen LogP contribution in [-0.2, 0) is 27.7 Å². The number of nitrogens with zero attached hydrogens (tertiary/aromatic N) is 2. The first kappa shape index (κ1) is 28.6. The summed E-state index contributed by atoms with van der Waals surface area (Å²) in [6.07, 6.45) is 3.20. The predicted octanol–water partition coefficient (Wildman–Crippen LogP) is 4.59. The van der Waals surface area contributed by atoms with E-state index in [4.69, 9.17) is 0 Å². The number of amides is 1. The van der Waals surface area contributed by atoms with Gasteiger partial charge in [-0.05, 0) is 66.8 Å². The molecule has 0 saturated carbocycles. The Balaban J connectivity index is 1.47. The quantitative estimate of drug-likeness (QED) is 0.355. The molecule has 11 heteroatoms. The number of nitrogens with one attached hydrogen (secondary N) is 2. The fraction of sp³-hybridized carbons (Fsp3) is 0.483. The van der Waals surface area contributed by atoms with Gasteiger partial charge in [0.2, 0.25) is 15.9 Å². The second kappa shape index (κ2) is 11.5. The molecule has 0 bridgehead atoms. The second-order valence-corrected chi connectivity index (χ2v) is 14.4. The molecule has 40 heavy (non-hydrogen) atoms. The molecule has 2 N–H and O–H groups in total. The van der Waals surface area contributed by atoms with E-state index in [2.05, 4.69) is 28.9 Å². The molecule has 0 radical (unpaired) electrons. The first-order valence-corrected chi connectivity index (χ1v) is 16.0. The largest absolute Gasteiger partial charge is 0.383 e. The van der Waals surface area contributed by atoms with E-state index in [1.54, 1.807) is 11.0 Å². The van der Waals surface area contributed by atoms with E-state index in [0.717, 1.165) is 15.8 Å². The smallest absolute Gasteiger partial charge is 0.243 e. The SMILES string of the molecule is CC1(C)CNc2c(cc(C=O)cc2S(=O)(=O)N[C@@H](Cc2nc3ccccc3s2)C(=O)N2CCC(CCF)CC2)C1. The van der Waals surface area contributed by atoms with Crippen molar-refractivity contribution in [1.29, 1.82) is 0 Å². The third kappa shape index (κ3) is 6.21. The van der Waals surface area contributed by atoms with Crippen molar-refractivity contribution in [2.45, 2.75) is 56.9 Å². The summed E-state index contributed by atoms with van der Waals surface area (Å²) in [6, 6.07) is 9.62. The molecule has 0 aliphatic carbocycles. The van der Waals surface area contributed by atoms with E-state index in [0.29, 0.717) is 62.3 Å². The first-order valence-electron chi connectivity index (χ1n) is 13.7. The molecule has 1 aromatic heterocycles. The molecule has 0 spiro atoms. The summed E-state index contributed by atoms with van der Waals surface area (Å²) in [6.45, 7) is 5.25. The number of anilines is 1. The van der Waals surface area contributed by atoms with Crippen molar-refractivity contribution in [3.05, 3.63) is 52.5 Å². The van der Waals surface area contributed by atoms with Crippen LogP contribution in [0, 0.1) is 11.3 Å². The number of aldehydes is 1. The summed E-state index contributed by atoms with van der Waals surface area (Å²) >= 11 is 1.43. The summed E-state index contributed by atoms with van der Waals surface area (Å²) in [5.41, 5.74) is 2.18. The monoisotopic (exact) mass is 586 g/mol. The number of para-hydroxylation sites is 1. The van der Waals surface area contributed by atoms with Gasteiger partial charge in [-0.3, -0.25) is 14.0 Å². The Bertz CT molecular complexity index is 1480. The highest BCUT2D eigenvalue weighted by Gasteiger charge is 2.35. The number of sulfonamides is 1. The molecule has 1 saturated heterocycles. The van der Waals surface area contributed by atoms with Gasteiger partial charge in [-0.2, -0.15) is 4.72 Å². The number of likely N-dealkylation sites (tertiary alicyclic amines) is 1. The van der Waals surface area contributed by atoms with Crippen molar-refractivity contribution in [2.75, 3.05) is 31.6 Å². The molecular weight excluding hydrogens is 551 g/mol. The topological polar surface area (TPSA) is 108 Å². The van der Waals surface area contributed by atoms with Crippen LogP contribution in [0.2, 0.25) is 0 Å². The molecular formula is C29H35FN4O4S2. The van der Waals surface area contributed by atoms with Crippen molar-refractivity contribution < 1.29 is 22.4 Å². The van der Waals surface area contributed by atoms with Crippen molar-refractivity contribution in [3.8, 4) is 0 Å². The van der Waals surface area contributed by atoms with Crippen LogP contribution < -0.4 is 10.0 Å². The lowest BCUT2D eigenvalue weighted by Crippen LogP contribution is -2.51. The molecule has 1 amide bonds. The summed E-state index contributed by atoms with van der Waals surface area (Å²) in [5, 5.41) is 3.91. The minimum Gasteiger partial charge on any atom is -0.383 e. The highest BCUT2D eigenvalue weighted by molar-refractivity contribution is 7.89. The molecule has 3 aromatic rings. The van der Waals surface area contributed by atoms with Crippen LogP contribution in [-0.4, -0.2) is 62.8 Å². The number of alkyl halides is 1. The van der Waals surface area contributed by atoms with Crippen LogP contribution in [0.1, 0.15) is 54.0 Å². The van der Waals surface area contributed by atoms with Crippen molar-refractivity contribution in [3.63, 3.8) is 0 Å². The van der Waals surface area contributed by atoms with Gasteiger partial charge in [0.05, 0.1) is 27.6 Å². The summed E-state index contributed by atoms with van der Waals surface area (Å²) in [7, 11) is -4.22. The molecule has 8 nitrogen and oxygen atoms in total. The molecule has 0 unspecified atom stereocenters. The maximum Gasteiger partial charge on any atom is 0.243 e. The molecule has 5 rings (SSSR count). The number of fused-ring (bicyclic) bond motifs is 2. The van der Waals surface area contributed by atoms with Crippen molar-refractivity contribution in [2.24, 2.45) is 11.3 Å². The van der Waals surface area contributed by atoms with Crippen molar-refractivity contribution >= 4 is 49.5 Å². The van der Waals surface area contributed by atoms with Gasteiger partial charge in [0.15, 0.2) is 0 Å². The lowest BCUT2D eigenvalue weighted by atomic mass is 9.82. The van der Waals surface area contributed by atoms with E-state index >= 15 is 0 Å². The molecule has 1 fully saturated rings. The number of aromatic nitrogens is 1. The highest BCUT2D eigenvalue weighted by Crippen LogP contribution is 2.37. The average molecular weight is 587 g/mol. The first-order chi connectivity index (χ1) is 19.1. The van der Waals surface area contributed by atoms with E-state index in [1.165, 1.54) is 17.4 Å². The minimum atomic E-state index is -4.22. The maximum atomic E-state index is 13.9. The van der Waals surface area contributed by atoms with Crippen LogP contribution in [0.15, 0.2) is 41.3 Å². The fourth-order valence-corrected chi connectivity index (χ4v) is 8.11. The van der Waals surface area contributed by atoms with Gasteiger partial charge in [0, 0.05) is 31.6 Å². The Morgan fingerprint density at radius 1 is 1.27 bits per heavy atom. The number of benzene rings is 2. The number of piperidine rings is 1. The lowest BCUT2D eigenvalue weighted by Gasteiger charge is -2.35. The predicted molar refractivity (Wildman–Crippen MR) is 155 cm³/mol. The van der Waals surface area contributed by atoms with Gasteiger partial charge in [-0.25, -0.2) is 13.4 Å². The molecule has 1 atom stereocenters. The van der Waals surface area contributed by atoms with Crippen molar-refractivity contribution in [1.82, 2.24) is 14.6 Å². The Hall–Kier alpha value is -2.89. The Morgan fingerprint density at radius 3 is 2.73 bits per heavy atom. The average Bonchev–Trinajstić information content (AvgIpc) is 3.34. The lowest BCUT2D eigenvalue weighted by molar-refractivity contribution is -0.134. The van der Waals surface area contributed by atoms with Gasteiger partial charge in [-0.15, -0.1) is 11.3 Å². The van der Waals surface area contributed by atoms with Crippen LogP contribution in [0.25, 0.3) is 10.2 Å². The zero-order valence-electron chi connectivity index (χ0n) is 22.8. The van der Waals surface area contributed by atoms with Crippen LogP contribution >= 0.6 is 11.3 Å². The second-order valence-electron chi connectivity index (χ2n) is 11.6. The number of hydrogen-bond acceptors (Lipinski definition) is 7. The Morgan fingerprint density at radius 2 is 2.02 bits per heavy atom. The minimum absolute atomic E-state index is 0.0358. The van der Waals surface area contributed by atoms with E-state index < -0.39 is 16.1 Å². The van der Waals surface area contributed by atoms with Crippen LogP contribution in [0.4, 0.5) is 10.1 Å². The summed E-state index contributed by atoms with van der Waals surface area (Å²) < 4.78 is 44.4. The van der Waals surface area contributed by atoms with Gasteiger partial charge in [-0.1, -0.05) is 26.0 Å². The van der Waals surface area contributed by atoms with Gasteiger partial charge >= 0.3 is 0 Å². The standard InChI is InChI=1S/C29H35FN4O4S2/c1-29(2)16-21-13-20(17-35)14-25(27(21)31-18-29)40(37,38)33-23(15-26-32-22-5-3-4-6-24(22)39-26)28(36)34-11-8-19(7-10-30)9-12-34/h3-6,13-14,17,19,23,31,33H,7-12,15-16,18H2,1-2H3/t23-/m0/s1. The van der Waals surface area contributed by atoms with Gasteiger partial charge < -0.3 is 10.2 Å². The highest BCUT2D eigenvalue weighted by atomic mass is 32.2. The Kier molecular flexibility index (Phi) is 8.26. The van der Waals surface area contributed by atoms with Crippen LogP contribution in [0.5, 0.6) is 0 Å². The molecule has 214 valence electrons. The number of hydrogen-bond donors (Lipinski definition) is 2.